The fourth-order valence-corrected chi connectivity index (χ4v) is 7.83. The van der Waals surface area contributed by atoms with Gasteiger partial charge < -0.3 is 17.6 Å². The molecule has 0 saturated heterocycles. The summed E-state index contributed by atoms with van der Waals surface area (Å²) in [5.74, 6) is 0.484. The molecule has 1 N–H and O–H groups in total. The van der Waals surface area contributed by atoms with E-state index >= 15 is 0 Å². The summed E-state index contributed by atoms with van der Waals surface area (Å²) in [5, 5.41) is 17.5. The van der Waals surface area contributed by atoms with Crippen LogP contribution in [0.1, 0.15) is 69.7 Å². The number of aliphatic hydroxyl groups excluding tert-OH is 1. The number of aryl methyl sites for hydroxylation is 1. The number of nitrogens with zero attached hydrogens (tertiary/aromatic N) is 3. The van der Waals surface area contributed by atoms with Crippen LogP contribution in [0.25, 0.3) is 5.69 Å². The molecule has 1 aliphatic carbocycles. The zero-order valence-corrected chi connectivity index (χ0v) is 25.4. The van der Waals surface area contributed by atoms with E-state index in [-0.39, 0.29) is 23.4 Å². The van der Waals surface area contributed by atoms with Gasteiger partial charge in [0.2, 0.25) is 0 Å². The van der Waals surface area contributed by atoms with Gasteiger partial charge in [-0.1, -0.05) is 76.4 Å². The first kappa shape index (κ1) is 26.9. The number of aromatic nitrogens is 2. The molecule has 0 bridgehead atoms. The van der Waals surface area contributed by atoms with Crippen LogP contribution in [0.15, 0.2) is 60.3 Å². The second-order valence-corrected chi connectivity index (χ2v) is 12.8. The predicted molar refractivity (Wildman–Crippen MR) is 157 cm³/mol. The lowest BCUT2D eigenvalue weighted by Crippen LogP contribution is -2.54. The van der Waals surface area contributed by atoms with Crippen LogP contribution >= 0.6 is 11.6 Å². The number of unbranched alkanes of at least 4 members (excludes halogenated alkanes) is 1. The lowest BCUT2D eigenvalue weighted by Gasteiger charge is -2.48. The average molecular weight is 562 g/mol. The fraction of sp³-hybridized carbons (Fsp3) is 0.452. The van der Waals surface area contributed by atoms with Gasteiger partial charge in [-0.15, -0.1) is 0 Å². The molecular formula is C31H37AlClN3O3. The molecular weight excluding hydrogens is 525 g/mol. The number of fused-ring (bicyclic) bond motifs is 4. The van der Waals surface area contributed by atoms with E-state index in [1.54, 1.807) is 0 Å². The lowest BCUT2D eigenvalue weighted by atomic mass is 9.64. The monoisotopic (exact) mass is 561 g/mol. The maximum Gasteiger partial charge on any atom is 0.741 e. The molecule has 0 amide bonds. The molecule has 6 rings (SSSR count). The van der Waals surface area contributed by atoms with E-state index in [0.29, 0.717) is 0 Å². The highest BCUT2D eigenvalue weighted by atomic mass is 35.5. The molecule has 204 valence electrons. The summed E-state index contributed by atoms with van der Waals surface area (Å²) >= 11 is 5.13. The van der Waals surface area contributed by atoms with E-state index in [0.717, 1.165) is 60.1 Å². The van der Waals surface area contributed by atoms with E-state index in [1.165, 1.54) is 16.9 Å². The average Bonchev–Trinajstić information content (AvgIpc) is 3.29. The summed E-state index contributed by atoms with van der Waals surface area (Å²) in [7, 11) is 0. The summed E-state index contributed by atoms with van der Waals surface area (Å²) in [4.78, 5) is 2.43. The molecule has 1 fully saturated rings. The number of halogens is 1. The minimum atomic E-state index is -1.32. The second kappa shape index (κ2) is 10.6. The Balaban J connectivity index is 1.39. The Labute approximate surface area is 242 Å². The second-order valence-electron chi connectivity index (χ2n) is 11.5. The van der Waals surface area contributed by atoms with Gasteiger partial charge in [0.25, 0.3) is 0 Å². The van der Waals surface area contributed by atoms with Gasteiger partial charge in [-0.2, -0.15) is 5.10 Å². The topological polar surface area (TPSA) is 59.8 Å². The Morgan fingerprint density at radius 2 is 1.92 bits per heavy atom. The zero-order valence-electron chi connectivity index (χ0n) is 23.2. The number of aliphatic hydroxyl groups is 1. The smallest absolute Gasteiger partial charge is 0.610 e. The zero-order chi connectivity index (χ0) is 27.3. The summed E-state index contributed by atoms with van der Waals surface area (Å²) in [6.07, 6.45) is 5.61. The number of hydrogen-bond acceptors (Lipinski definition) is 5. The van der Waals surface area contributed by atoms with Crippen LogP contribution in [0.2, 0.25) is 5.02 Å². The van der Waals surface area contributed by atoms with Crippen molar-refractivity contribution in [3.8, 4) is 11.6 Å². The third-order valence-corrected chi connectivity index (χ3v) is 9.81. The first-order chi connectivity index (χ1) is 18.9. The Hall–Kier alpha value is -2.27. The van der Waals surface area contributed by atoms with E-state index in [1.807, 2.05) is 41.1 Å². The third-order valence-electron chi connectivity index (χ3n) is 8.67. The molecule has 0 spiro atoms. The maximum absolute atomic E-state index is 11.8. The van der Waals surface area contributed by atoms with Gasteiger partial charge in [0.15, 0.2) is 5.88 Å². The van der Waals surface area contributed by atoms with Crippen molar-refractivity contribution in [1.82, 2.24) is 9.78 Å². The highest BCUT2D eigenvalue weighted by Gasteiger charge is 2.55. The Kier molecular flexibility index (Phi) is 7.33. The van der Waals surface area contributed by atoms with Gasteiger partial charge in [-0.25, -0.2) is 4.68 Å². The minimum Gasteiger partial charge on any atom is -0.610 e. The molecule has 8 heteroatoms. The van der Waals surface area contributed by atoms with Crippen molar-refractivity contribution in [2.24, 2.45) is 5.92 Å². The summed E-state index contributed by atoms with van der Waals surface area (Å²) in [6, 6.07) is 16.3. The van der Waals surface area contributed by atoms with Crippen molar-refractivity contribution in [3.05, 3.63) is 82.1 Å². The van der Waals surface area contributed by atoms with Crippen LogP contribution in [0.5, 0.6) is 5.88 Å². The molecule has 39 heavy (non-hydrogen) atoms. The molecule has 3 aliphatic rings. The molecule has 2 aromatic carbocycles. The van der Waals surface area contributed by atoms with Crippen molar-refractivity contribution in [2.75, 3.05) is 11.4 Å². The van der Waals surface area contributed by atoms with Crippen molar-refractivity contribution in [3.63, 3.8) is 0 Å². The van der Waals surface area contributed by atoms with Crippen molar-refractivity contribution < 1.29 is 12.7 Å². The Bertz CT molecular complexity index is 1390. The predicted octanol–water partition coefficient (Wildman–Crippen LogP) is 6.08. The van der Waals surface area contributed by atoms with Crippen LogP contribution in [0.4, 0.5) is 5.69 Å². The number of anilines is 1. The third kappa shape index (κ3) is 4.44. The summed E-state index contributed by atoms with van der Waals surface area (Å²) < 4.78 is 14.7. The summed E-state index contributed by atoms with van der Waals surface area (Å²) in [5.41, 5.74) is 6.44. The Morgan fingerprint density at radius 1 is 1.13 bits per heavy atom. The van der Waals surface area contributed by atoms with Gasteiger partial charge in [-0.05, 0) is 48.7 Å². The molecule has 0 radical (unpaired) electrons. The molecule has 1 aromatic heterocycles. The normalized spacial score (nSPS) is 25.7. The standard InChI is InChI=1S/C31H37ClN3O3.Al.H/c1-5-7-16-34-24-15-14-19(32)17-22(24)31(3,4)25(34)18-21-28(36)27(29(21)37)26-23(11-6-2)33-35(30(26)38)20-12-9-8-10-13-20;;/h8-10,12-15,17-18,21,27-29,36,38H,5-7,11,16H2,1-4H3;;/q-1;+2;/p-1. The highest BCUT2D eigenvalue weighted by Crippen LogP contribution is 2.54. The number of rotatable bonds is 7. The molecule has 4 atom stereocenters. The molecule has 3 aromatic rings. The Morgan fingerprint density at radius 3 is 2.67 bits per heavy atom. The van der Waals surface area contributed by atoms with E-state index in [2.05, 4.69) is 50.8 Å². The number of para-hydroxylation sites is 1. The van der Waals surface area contributed by atoms with Crippen LogP contribution in [0, 0.1) is 5.92 Å². The highest BCUT2D eigenvalue weighted by molar-refractivity contribution is 6.30. The molecule has 6 nitrogen and oxygen atoms in total. The van der Waals surface area contributed by atoms with Gasteiger partial charge in [0, 0.05) is 51.9 Å². The number of allylic oxidation sites excluding steroid dienone is 1. The molecule has 1 saturated carbocycles. The van der Waals surface area contributed by atoms with Crippen LogP contribution in [0.3, 0.4) is 0 Å². The van der Waals surface area contributed by atoms with E-state index < -0.39 is 22.0 Å². The molecule has 3 heterocycles. The minimum absolute atomic E-state index is 0.116. The first-order valence-corrected chi connectivity index (χ1v) is 15.8. The van der Waals surface area contributed by atoms with Gasteiger partial charge >= 0.3 is 15.9 Å². The van der Waals surface area contributed by atoms with Gasteiger partial charge in [0.1, 0.15) is 0 Å². The van der Waals surface area contributed by atoms with Crippen molar-refractivity contribution >= 4 is 33.2 Å². The maximum atomic E-state index is 11.8. The largest absolute Gasteiger partial charge is 0.741 e. The van der Waals surface area contributed by atoms with Crippen LogP contribution in [-0.4, -0.2) is 49.5 Å². The van der Waals surface area contributed by atoms with E-state index in [4.69, 9.17) is 24.3 Å². The quantitative estimate of drug-likeness (QED) is 0.354. The first-order valence-electron chi connectivity index (χ1n) is 14.3. The molecule has 4 unspecified atom stereocenters. The van der Waals surface area contributed by atoms with Crippen LogP contribution < -0.4 is 8.69 Å². The SMILES string of the molecule is CCCCN1C(=CC2C(O)C3c4c(CCC)nn(-c5ccccc5)c4[O][AlH][O]C23)C(C)(C)c2cc(Cl)ccc21. The number of benzene rings is 2. The van der Waals surface area contributed by atoms with E-state index in [9.17, 15) is 5.11 Å². The summed E-state index contributed by atoms with van der Waals surface area (Å²) in [6.45, 7) is 9.84. The fourth-order valence-electron chi connectivity index (χ4n) is 6.62. The molecule has 2 aliphatic heterocycles. The lowest BCUT2D eigenvalue weighted by molar-refractivity contribution is -0.0813. The number of hydrogen-bond donors (Lipinski definition) is 1. The van der Waals surface area contributed by atoms with Crippen molar-refractivity contribution in [2.45, 2.75) is 76.9 Å². The van der Waals surface area contributed by atoms with Crippen molar-refractivity contribution in [1.29, 1.82) is 0 Å². The van der Waals surface area contributed by atoms with Gasteiger partial charge in [-0.3, -0.25) is 0 Å². The van der Waals surface area contributed by atoms with Crippen LogP contribution in [-0.2, 0) is 15.6 Å². The van der Waals surface area contributed by atoms with Gasteiger partial charge in [0.05, 0.1) is 17.5 Å².